The lowest BCUT2D eigenvalue weighted by Gasteiger charge is -2.13. The van der Waals surface area contributed by atoms with Crippen LogP contribution in [0.5, 0.6) is 11.6 Å². The summed E-state index contributed by atoms with van der Waals surface area (Å²) in [7, 11) is 1.56. The number of rotatable bonds is 7. The zero-order valence-corrected chi connectivity index (χ0v) is 17.8. The molecule has 0 aliphatic rings. The summed E-state index contributed by atoms with van der Waals surface area (Å²) >= 11 is 0. The lowest BCUT2D eigenvalue weighted by Crippen LogP contribution is -2.36. The Morgan fingerprint density at radius 3 is 2.78 bits per heavy atom. The van der Waals surface area contributed by atoms with Crippen molar-refractivity contribution in [3.63, 3.8) is 0 Å². The van der Waals surface area contributed by atoms with Crippen LogP contribution in [0.1, 0.15) is 23.7 Å². The molecule has 8 nitrogen and oxygen atoms in total. The number of hydrogen-bond acceptors (Lipinski definition) is 6. The van der Waals surface area contributed by atoms with E-state index in [1.165, 1.54) is 0 Å². The van der Waals surface area contributed by atoms with Gasteiger partial charge in [-0.25, -0.2) is 9.97 Å². The average molecular weight is 432 g/mol. The molecule has 0 saturated heterocycles. The lowest BCUT2D eigenvalue weighted by molar-refractivity contribution is 0.0915. The average Bonchev–Trinajstić information content (AvgIpc) is 3.25. The monoisotopic (exact) mass is 432 g/mol. The number of aliphatic hydroxyl groups excluding tert-OH is 1. The van der Waals surface area contributed by atoms with Crippen molar-refractivity contribution in [1.29, 1.82) is 0 Å². The highest BCUT2D eigenvalue weighted by atomic mass is 16.5. The first kappa shape index (κ1) is 21.3. The number of amides is 1. The van der Waals surface area contributed by atoms with E-state index in [2.05, 4.69) is 20.3 Å². The first-order valence-corrected chi connectivity index (χ1v) is 10.3. The smallest absolute Gasteiger partial charge is 0.251 e. The summed E-state index contributed by atoms with van der Waals surface area (Å²) < 4.78 is 5.35. The minimum Gasteiger partial charge on any atom is -0.507 e. The van der Waals surface area contributed by atoms with Gasteiger partial charge in [0.05, 0.1) is 36.4 Å². The van der Waals surface area contributed by atoms with Crippen LogP contribution in [0, 0.1) is 0 Å². The van der Waals surface area contributed by atoms with Crippen molar-refractivity contribution >= 4 is 16.9 Å². The van der Waals surface area contributed by atoms with Gasteiger partial charge < -0.3 is 25.3 Å². The van der Waals surface area contributed by atoms with E-state index < -0.39 is 0 Å². The maximum atomic E-state index is 12.5. The highest BCUT2D eigenvalue weighted by molar-refractivity contribution is 5.98. The maximum absolute atomic E-state index is 12.5. The third-order valence-electron chi connectivity index (χ3n) is 5.32. The topological polar surface area (TPSA) is 120 Å². The Balaban J connectivity index is 1.70. The fraction of sp³-hybridized carbons (Fsp3) is 0.208. The van der Waals surface area contributed by atoms with Gasteiger partial charge in [0, 0.05) is 17.3 Å². The second-order valence-corrected chi connectivity index (χ2v) is 7.37. The van der Waals surface area contributed by atoms with Crippen LogP contribution in [-0.2, 0) is 0 Å². The number of carbonyl (C=O) groups excluding carboxylic acids is 1. The van der Waals surface area contributed by atoms with Crippen molar-refractivity contribution in [1.82, 2.24) is 20.3 Å². The number of phenolic OH excluding ortho intramolecular Hbond substituents is 1. The molecular weight excluding hydrogens is 408 g/mol. The molecule has 2 aromatic heterocycles. The van der Waals surface area contributed by atoms with Crippen molar-refractivity contribution in [3.05, 3.63) is 60.3 Å². The number of imidazole rings is 1. The number of carbonyl (C=O) groups is 1. The van der Waals surface area contributed by atoms with Crippen molar-refractivity contribution in [3.8, 4) is 34.1 Å². The predicted molar refractivity (Wildman–Crippen MR) is 122 cm³/mol. The Hall–Kier alpha value is -3.91. The van der Waals surface area contributed by atoms with Gasteiger partial charge >= 0.3 is 0 Å². The SMILES string of the molecule is CC[C@@H](CO)NC(=O)c1ccc2nc(-c3cc(-c4cccnc4OC)ccc3O)[nH]c2c1. The number of benzene rings is 2. The van der Waals surface area contributed by atoms with Crippen molar-refractivity contribution < 1.29 is 19.7 Å². The quantitative estimate of drug-likeness (QED) is 0.355. The molecule has 8 heteroatoms. The molecule has 32 heavy (non-hydrogen) atoms. The molecule has 0 spiro atoms. The van der Waals surface area contributed by atoms with Gasteiger partial charge in [0.25, 0.3) is 5.91 Å². The lowest BCUT2D eigenvalue weighted by atomic mass is 10.0. The molecule has 4 N–H and O–H groups in total. The van der Waals surface area contributed by atoms with Gasteiger partial charge in [-0.15, -0.1) is 0 Å². The first-order chi connectivity index (χ1) is 15.5. The Labute approximate surface area is 184 Å². The number of methoxy groups -OCH3 is 1. The van der Waals surface area contributed by atoms with Crippen LogP contribution < -0.4 is 10.1 Å². The summed E-state index contributed by atoms with van der Waals surface area (Å²) in [6.45, 7) is 1.78. The van der Waals surface area contributed by atoms with E-state index in [1.54, 1.807) is 43.6 Å². The van der Waals surface area contributed by atoms with Gasteiger partial charge in [0.1, 0.15) is 11.6 Å². The number of hydrogen-bond donors (Lipinski definition) is 4. The molecule has 4 aromatic rings. The number of aliphatic hydroxyl groups is 1. The summed E-state index contributed by atoms with van der Waals surface area (Å²) in [6.07, 6.45) is 2.29. The molecule has 4 rings (SSSR count). The number of nitrogens with one attached hydrogen (secondary N) is 2. The number of fused-ring (bicyclic) bond motifs is 1. The Morgan fingerprint density at radius 1 is 1.19 bits per heavy atom. The number of aromatic hydroxyl groups is 1. The predicted octanol–water partition coefficient (Wildman–Crippen LogP) is 3.51. The minimum atomic E-state index is -0.292. The minimum absolute atomic E-state index is 0.0716. The standard InChI is InChI=1S/C24H24N4O4/c1-3-16(13-29)26-23(31)15-6-8-19-20(12-15)28-22(27-19)18-11-14(7-9-21(18)30)17-5-4-10-25-24(17)32-2/h4-12,16,29-30H,3,13H2,1-2H3,(H,26,31)(H,27,28)/t16-/m0/s1. The number of H-pyrrole nitrogens is 1. The molecule has 1 amide bonds. The number of pyridine rings is 1. The molecular formula is C24H24N4O4. The van der Waals surface area contributed by atoms with E-state index >= 15 is 0 Å². The van der Waals surface area contributed by atoms with Gasteiger partial charge in [-0.3, -0.25) is 4.79 Å². The van der Waals surface area contributed by atoms with E-state index in [-0.39, 0.29) is 24.3 Å². The fourth-order valence-electron chi connectivity index (χ4n) is 3.49. The van der Waals surface area contributed by atoms with Gasteiger partial charge in [-0.2, -0.15) is 0 Å². The molecule has 0 unspecified atom stereocenters. The number of phenols is 1. The first-order valence-electron chi connectivity index (χ1n) is 10.3. The highest BCUT2D eigenvalue weighted by Crippen LogP contribution is 2.35. The molecule has 164 valence electrons. The van der Waals surface area contributed by atoms with Crippen molar-refractivity contribution in [2.45, 2.75) is 19.4 Å². The Morgan fingerprint density at radius 2 is 2.03 bits per heavy atom. The molecule has 1 atom stereocenters. The third-order valence-corrected chi connectivity index (χ3v) is 5.32. The van der Waals surface area contributed by atoms with Crippen molar-refractivity contribution in [2.24, 2.45) is 0 Å². The van der Waals surface area contributed by atoms with E-state index in [9.17, 15) is 15.0 Å². The van der Waals surface area contributed by atoms with Gasteiger partial charge in [-0.05, 0) is 54.4 Å². The third kappa shape index (κ3) is 4.13. The van der Waals surface area contributed by atoms with E-state index in [0.29, 0.717) is 40.3 Å². The normalized spacial score (nSPS) is 12.0. The van der Waals surface area contributed by atoms with Crippen LogP contribution >= 0.6 is 0 Å². The van der Waals surface area contributed by atoms with Crippen LogP contribution in [0.3, 0.4) is 0 Å². The zero-order valence-electron chi connectivity index (χ0n) is 17.8. The summed E-state index contributed by atoms with van der Waals surface area (Å²) in [5.74, 6) is 0.763. The molecule has 0 fully saturated rings. The van der Waals surface area contributed by atoms with Crippen LogP contribution in [0.2, 0.25) is 0 Å². The highest BCUT2D eigenvalue weighted by Gasteiger charge is 2.16. The Bertz CT molecular complexity index is 1260. The number of ether oxygens (including phenoxy) is 1. The van der Waals surface area contributed by atoms with Gasteiger partial charge in [-0.1, -0.05) is 13.0 Å². The summed E-state index contributed by atoms with van der Waals surface area (Å²) in [5, 5.41) is 22.6. The molecule has 0 saturated carbocycles. The molecule has 0 radical (unpaired) electrons. The summed E-state index contributed by atoms with van der Waals surface area (Å²) in [5.41, 5.74) is 3.90. The second kappa shape index (κ2) is 9.07. The molecule has 0 bridgehead atoms. The van der Waals surface area contributed by atoms with E-state index in [4.69, 9.17) is 4.74 Å². The molecule has 0 aliphatic heterocycles. The van der Waals surface area contributed by atoms with Gasteiger partial charge in [0.15, 0.2) is 0 Å². The molecule has 0 aliphatic carbocycles. The Kier molecular flexibility index (Phi) is 6.04. The van der Waals surface area contributed by atoms with Crippen molar-refractivity contribution in [2.75, 3.05) is 13.7 Å². The number of nitrogens with zero attached hydrogens (tertiary/aromatic N) is 2. The van der Waals surface area contributed by atoms with Gasteiger partial charge in [0.2, 0.25) is 5.88 Å². The van der Waals surface area contributed by atoms with Crippen LogP contribution in [0.4, 0.5) is 0 Å². The zero-order chi connectivity index (χ0) is 22.7. The fourth-order valence-corrected chi connectivity index (χ4v) is 3.49. The summed E-state index contributed by atoms with van der Waals surface area (Å²) in [4.78, 5) is 24.5. The molecule has 2 aromatic carbocycles. The van der Waals surface area contributed by atoms with Crippen LogP contribution in [-0.4, -0.2) is 50.8 Å². The number of aromatic amines is 1. The molecule has 2 heterocycles. The maximum Gasteiger partial charge on any atom is 0.251 e. The summed E-state index contributed by atoms with van der Waals surface area (Å²) in [6, 6.07) is 13.7. The second-order valence-electron chi connectivity index (χ2n) is 7.37. The largest absolute Gasteiger partial charge is 0.507 e. The van der Waals surface area contributed by atoms with Crippen LogP contribution in [0.25, 0.3) is 33.5 Å². The van der Waals surface area contributed by atoms with Crippen LogP contribution in [0.15, 0.2) is 54.7 Å². The van der Waals surface area contributed by atoms with E-state index in [1.807, 2.05) is 25.1 Å². The van der Waals surface area contributed by atoms with E-state index in [0.717, 1.165) is 11.1 Å². The number of aromatic nitrogens is 3.